The molecule has 0 radical (unpaired) electrons. The van der Waals surface area contributed by atoms with Gasteiger partial charge in [-0.05, 0) is 34.1 Å². The van der Waals surface area contributed by atoms with Crippen molar-refractivity contribution in [3.8, 4) is 0 Å². The fraction of sp³-hybridized carbons (Fsp3) is 0.364. The molecule has 6 heteroatoms. The molecule has 0 aromatic heterocycles. The van der Waals surface area contributed by atoms with E-state index in [4.69, 9.17) is 5.73 Å². The van der Waals surface area contributed by atoms with Gasteiger partial charge in [-0.2, -0.15) is 0 Å². The number of rotatable bonds is 4. The zero-order chi connectivity index (χ0) is 13.0. The average Bonchev–Trinajstić information content (AvgIpc) is 2.22. The predicted octanol–water partition coefficient (Wildman–Crippen LogP) is 2.13. The number of hydrogen-bond acceptors (Lipinski definition) is 3. The van der Waals surface area contributed by atoms with Crippen molar-refractivity contribution >= 4 is 44.0 Å². The third-order valence-electron chi connectivity index (χ3n) is 2.07. The molecule has 0 aliphatic carbocycles. The first kappa shape index (κ1) is 14.2. The minimum Gasteiger partial charge on any atom is -0.399 e. The fourth-order valence-corrected chi connectivity index (χ4v) is 2.27. The smallest absolute Gasteiger partial charge is 0.237 e. The van der Waals surface area contributed by atoms with Gasteiger partial charge >= 0.3 is 0 Å². The normalized spacial score (nSPS) is 12.5. The SMILES string of the molecule is CC(C)S(=O)CC(=O)Nc1ccc(N)cc1Br. The summed E-state index contributed by atoms with van der Waals surface area (Å²) in [4.78, 5) is 11.6. The predicted molar refractivity (Wildman–Crippen MR) is 75.3 cm³/mol. The summed E-state index contributed by atoms with van der Waals surface area (Å²) >= 11 is 3.30. The van der Waals surface area contributed by atoms with Gasteiger partial charge in [-0.25, -0.2) is 0 Å². The summed E-state index contributed by atoms with van der Waals surface area (Å²) in [6.07, 6.45) is 0. The van der Waals surface area contributed by atoms with E-state index in [1.54, 1.807) is 18.2 Å². The van der Waals surface area contributed by atoms with Gasteiger partial charge in [0.1, 0.15) is 5.75 Å². The van der Waals surface area contributed by atoms with E-state index in [0.29, 0.717) is 15.8 Å². The number of nitrogen functional groups attached to an aromatic ring is 1. The van der Waals surface area contributed by atoms with Gasteiger partial charge in [-0.3, -0.25) is 9.00 Å². The number of nitrogens with one attached hydrogen (secondary N) is 1. The first-order chi connectivity index (χ1) is 7.90. The van der Waals surface area contributed by atoms with Crippen molar-refractivity contribution in [1.29, 1.82) is 0 Å². The summed E-state index contributed by atoms with van der Waals surface area (Å²) in [5.74, 6) is -0.253. The van der Waals surface area contributed by atoms with Crippen LogP contribution >= 0.6 is 15.9 Å². The second kappa shape index (κ2) is 6.16. The molecule has 0 saturated heterocycles. The molecule has 0 spiro atoms. The molecule has 1 aromatic rings. The Labute approximate surface area is 112 Å². The Morgan fingerprint density at radius 2 is 2.18 bits per heavy atom. The highest BCUT2D eigenvalue weighted by Crippen LogP contribution is 2.24. The van der Waals surface area contributed by atoms with Gasteiger partial charge < -0.3 is 11.1 Å². The number of halogens is 1. The van der Waals surface area contributed by atoms with Crippen LogP contribution in [0.4, 0.5) is 11.4 Å². The van der Waals surface area contributed by atoms with E-state index in [9.17, 15) is 9.00 Å². The molecular formula is C11H15BrN2O2S. The van der Waals surface area contributed by atoms with Crippen LogP contribution in [0.25, 0.3) is 0 Å². The van der Waals surface area contributed by atoms with Crippen molar-refractivity contribution in [3.05, 3.63) is 22.7 Å². The lowest BCUT2D eigenvalue weighted by atomic mass is 10.3. The number of carbonyl (C=O) groups excluding carboxylic acids is 1. The van der Waals surface area contributed by atoms with Crippen LogP contribution in [-0.4, -0.2) is 21.1 Å². The summed E-state index contributed by atoms with van der Waals surface area (Å²) in [6, 6.07) is 5.10. The van der Waals surface area contributed by atoms with Gasteiger partial charge in [0, 0.05) is 26.2 Å². The first-order valence-corrected chi connectivity index (χ1v) is 7.29. The summed E-state index contributed by atoms with van der Waals surface area (Å²) in [5.41, 5.74) is 6.83. The zero-order valence-corrected chi connectivity index (χ0v) is 12.1. The van der Waals surface area contributed by atoms with E-state index in [2.05, 4.69) is 21.2 Å². The highest BCUT2D eigenvalue weighted by Gasteiger charge is 2.12. The van der Waals surface area contributed by atoms with Gasteiger partial charge in [-0.15, -0.1) is 0 Å². The largest absolute Gasteiger partial charge is 0.399 e. The topological polar surface area (TPSA) is 72.2 Å². The molecule has 1 unspecified atom stereocenters. The minimum atomic E-state index is -1.14. The molecule has 1 amide bonds. The molecule has 0 saturated carbocycles. The molecule has 17 heavy (non-hydrogen) atoms. The van der Waals surface area contributed by atoms with Crippen LogP contribution in [0.1, 0.15) is 13.8 Å². The van der Waals surface area contributed by atoms with E-state index in [-0.39, 0.29) is 16.9 Å². The fourth-order valence-electron chi connectivity index (χ4n) is 1.11. The third-order valence-corrected chi connectivity index (χ3v) is 4.32. The van der Waals surface area contributed by atoms with Crippen LogP contribution in [0.3, 0.4) is 0 Å². The van der Waals surface area contributed by atoms with E-state index < -0.39 is 10.8 Å². The lowest BCUT2D eigenvalue weighted by Gasteiger charge is -2.09. The first-order valence-electron chi connectivity index (χ1n) is 5.12. The number of amides is 1. The molecule has 1 rings (SSSR count). The lowest BCUT2D eigenvalue weighted by molar-refractivity contribution is -0.113. The minimum absolute atomic E-state index is 0.00842. The van der Waals surface area contributed by atoms with E-state index >= 15 is 0 Å². The summed E-state index contributed by atoms with van der Waals surface area (Å²) in [5, 5.41) is 2.67. The van der Waals surface area contributed by atoms with Crippen molar-refractivity contribution in [1.82, 2.24) is 0 Å². The third kappa shape index (κ3) is 4.47. The van der Waals surface area contributed by atoms with Crippen LogP contribution in [0, 0.1) is 0 Å². The Balaban J connectivity index is 2.65. The molecule has 0 aliphatic heterocycles. The molecule has 94 valence electrons. The van der Waals surface area contributed by atoms with E-state index in [1.165, 1.54) is 0 Å². The van der Waals surface area contributed by atoms with E-state index in [1.807, 2.05) is 13.8 Å². The Morgan fingerprint density at radius 1 is 1.53 bits per heavy atom. The van der Waals surface area contributed by atoms with Crippen molar-refractivity contribution in [2.45, 2.75) is 19.1 Å². The van der Waals surface area contributed by atoms with Crippen LogP contribution in [-0.2, 0) is 15.6 Å². The van der Waals surface area contributed by atoms with Gasteiger partial charge in [0.15, 0.2) is 0 Å². The average molecular weight is 319 g/mol. The number of benzene rings is 1. The molecule has 0 fully saturated rings. The molecule has 0 aliphatic rings. The number of anilines is 2. The van der Waals surface area contributed by atoms with Gasteiger partial charge in [0.25, 0.3) is 0 Å². The van der Waals surface area contributed by atoms with Gasteiger partial charge in [0.2, 0.25) is 5.91 Å². The Bertz CT molecular complexity index is 449. The van der Waals surface area contributed by atoms with Crippen LogP contribution < -0.4 is 11.1 Å². The number of carbonyl (C=O) groups is 1. The molecule has 4 nitrogen and oxygen atoms in total. The maximum Gasteiger partial charge on any atom is 0.237 e. The second-order valence-corrected chi connectivity index (χ2v) is 6.71. The maximum atomic E-state index is 11.6. The second-order valence-electron chi connectivity index (χ2n) is 3.86. The highest BCUT2D eigenvalue weighted by molar-refractivity contribution is 9.10. The Hall–Kier alpha value is -0.880. The van der Waals surface area contributed by atoms with Crippen molar-refractivity contribution in [2.75, 3.05) is 16.8 Å². The number of nitrogens with two attached hydrogens (primary N) is 1. The summed E-state index contributed by atoms with van der Waals surface area (Å²) < 4.78 is 12.2. The van der Waals surface area contributed by atoms with E-state index in [0.717, 1.165) is 0 Å². The Morgan fingerprint density at radius 3 is 2.71 bits per heavy atom. The van der Waals surface area contributed by atoms with Crippen molar-refractivity contribution < 1.29 is 9.00 Å². The standard InChI is InChI=1S/C11H15BrN2O2S/c1-7(2)17(16)6-11(15)14-10-4-3-8(13)5-9(10)12/h3-5,7H,6,13H2,1-2H3,(H,14,15). The van der Waals surface area contributed by atoms with Crippen LogP contribution in [0.15, 0.2) is 22.7 Å². The van der Waals surface area contributed by atoms with Gasteiger partial charge in [-0.1, -0.05) is 13.8 Å². The molecule has 0 heterocycles. The summed E-state index contributed by atoms with van der Waals surface area (Å²) in [7, 11) is -1.14. The van der Waals surface area contributed by atoms with Gasteiger partial charge in [0.05, 0.1) is 5.69 Å². The monoisotopic (exact) mass is 318 g/mol. The van der Waals surface area contributed by atoms with Crippen LogP contribution in [0.5, 0.6) is 0 Å². The molecular weight excluding hydrogens is 304 g/mol. The lowest BCUT2D eigenvalue weighted by Crippen LogP contribution is -2.23. The molecule has 0 bridgehead atoms. The summed E-state index contributed by atoms with van der Waals surface area (Å²) in [6.45, 7) is 3.64. The number of hydrogen-bond donors (Lipinski definition) is 2. The molecule has 3 N–H and O–H groups in total. The zero-order valence-electron chi connectivity index (χ0n) is 9.70. The Kier molecular flexibility index (Phi) is 5.14. The maximum absolute atomic E-state index is 11.6. The molecule has 1 aromatic carbocycles. The van der Waals surface area contributed by atoms with Crippen molar-refractivity contribution in [2.24, 2.45) is 0 Å². The van der Waals surface area contributed by atoms with Crippen LogP contribution in [0.2, 0.25) is 0 Å². The highest BCUT2D eigenvalue weighted by atomic mass is 79.9. The quantitative estimate of drug-likeness (QED) is 0.835. The van der Waals surface area contributed by atoms with Crippen molar-refractivity contribution in [3.63, 3.8) is 0 Å². The molecule has 1 atom stereocenters.